The summed E-state index contributed by atoms with van der Waals surface area (Å²) in [5.41, 5.74) is 1.15. The van der Waals surface area contributed by atoms with Crippen LogP contribution in [0.25, 0.3) is 10.9 Å². The maximum atomic E-state index is 12.5. The fourth-order valence-corrected chi connectivity index (χ4v) is 2.92. The number of pyridine rings is 1. The smallest absolute Gasteiger partial charge is 0.251 e. The molecule has 0 radical (unpaired) electrons. The Hall–Kier alpha value is -1.65. The van der Waals surface area contributed by atoms with Crippen molar-refractivity contribution in [3.05, 3.63) is 42.1 Å². The van der Waals surface area contributed by atoms with Crippen molar-refractivity contribution in [2.45, 2.75) is 18.4 Å². The van der Waals surface area contributed by atoms with Crippen LogP contribution in [0.1, 0.15) is 23.2 Å². The predicted molar refractivity (Wildman–Crippen MR) is 82.7 cm³/mol. The van der Waals surface area contributed by atoms with Crippen LogP contribution in [0.4, 0.5) is 0 Å². The minimum atomic E-state index is -0.360. The molecule has 1 aliphatic rings. The van der Waals surface area contributed by atoms with Crippen LogP contribution in [-0.2, 0) is 4.74 Å². The fraction of sp³-hybridized carbons (Fsp3) is 0.375. The fourth-order valence-electron chi connectivity index (χ4n) is 2.58. The molecule has 21 heavy (non-hydrogen) atoms. The molecule has 0 unspecified atom stereocenters. The number of aromatic nitrogens is 1. The second-order valence-corrected chi connectivity index (χ2v) is 5.66. The Balaban J connectivity index is 1.82. The number of fused-ring (bicyclic) bond motifs is 1. The van der Waals surface area contributed by atoms with Crippen molar-refractivity contribution in [3.63, 3.8) is 0 Å². The van der Waals surface area contributed by atoms with Crippen LogP contribution < -0.4 is 5.32 Å². The van der Waals surface area contributed by atoms with E-state index < -0.39 is 0 Å². The SMILES string of the molecule is O=C(NC1(CCl)CCOCC1)c1ccc2ncccc2c1. The molecule has 110 valence electrons. The second-order valence-electron chi connectivity index (χ2n) is 5.39. The number of hydrogen-bond acceptors (Lipinski definition) is 3. The highest BCUT2D eigenvalue weighted by Gasteiger charge is 2.33. The number of benzene rings is 1. The summed E-state index contributed by atoms with van der Waals surface area (Å²) < 4.78 is 5.35. The molecule has 1 N–H and O–H groups in total. The van der Waals surface area contributed by atoms with Crippen LogP contribution in [0, 0.1) is 0 Å². The third-order valence-electron chi connectivity index (χ3n) is 3.95. The standard InChI is InChI=1S/C16H17ClN2O2/c17-11-16(5-8-21-9-6-16)19-15(20)13-3-4-14-12(10-13)2-1-7-18-14/h1-4,7,10H,5-6,8-9,11H2,(H,19,20). The summed E-state index contributed by atoms with van der Waals surface area (Å²) in [6.07, 6.45) is 3.24. The van der Waals surface area contributed by atoms with E-state index in [1.807, 2.05) is 24.3 Å². The minimum Gasteiger partial charge on any atom is -0.381 e. The van der Waals surface area contributed by atoms with Gasteiger partial charge in [0.1, 0.15) is 0 Å². The highest BCUT2D eigenvalue weighted by molar-refractivity contribution is 6.19. The van der Waals surface area contributed by atoms with Crippen molar-refractivity contribution in [1.82, 2.24) is 10.3 Å². The first-order chi connectivity index (χ1) is 10.2. The monoisotopic (exact) mass is 304 g/mol. The number of carbonyl (C=O) groups is 1. The van der Waals surface area contributed by atoms with Gasteiger partial charge in [0, 0.05) is 36.2 Å². The van der Waals surface area contributed by atoms with E-state index in [0.29, 0.717) is 24.7 Å². The number of carbonyl (C=O) groups excluding carboxylic acids is 1. The van der Waals surface area contributed by atoms with E-state index in [4.69, 9.17) is 16.3 Å². The van der Waals surface area contributed by atoms with Gasteiger partial charge in [-0.2, -0.15) is 0 Å². The molecule has 3 rings (SSSR count). The largest absolute Gasteiger partial charge is 0.381 e. The Morgan fingerprint density at radius 3 is 2.90 bits per heavy atom. The van der Waals surface area contributed by atoms with E-state index >= 15 is 0 Å². The van der Waals surface area contributed by atoms with Crippen LogP contribution >= 0.6 is 11.6 Å². The van der Waals surface area contributed by atoms with Gasteiger partial charge < -0.3 is 10.1 Å². The van der Waals surface area contributed by atoms with Gasteiger partial charge in [-0.25, -0.2) is 0 Å². The highest BCUT2D eigenvalue weighted by atomic mass is 35.5. The van der Waals surface area contributed by atoms with E-state index in [1.165, 1.54) is 0 Å². The average molecular weight is 305 g/mol. The molecule has 1 saturated heterocycles. The summed E-state index contributed by atoms with van der Waals surface area (Å²) in [5, 5.41) is 4.05. The third-order valence-corrected chi connectivity index (χ3v) is 4.46. The van der Waals surface area contributed by atoms with Crippen molar-refractivity contribution in [3.8, 4) is 0 Å². The molecule has 2 aromatic rings. The van der Waals surface area contributed by atoms with Crippen molar-refractivity contribution in [2.75, 3.05) is 19.1 Å². The molecule has 5 heteroatoms. The van der Waals surface area contributed by atoms with Gasteiger partial charge in [0.25, 0.3) is 5.91 Å². The Morgan fingerprint density at radius 1 is 1.33 bits per heavy atom. The van der Waals surface area contributed by atoms with Crippen molar-refractivity contribution in [2.24, 2.45) is 0 Å². The summed E-state index contributed by atoms with van der Waals surface area (Å²) in [4.78, 5) is 16.7. The molecule has 1 fully saturated rings. The van der Waals surface area contributed by atoms with Gasteiger partial charge in [0.05, 0.1) is 11.1 Å². The van der Waals surface area contributed by atoms with Crippen LogP contribution in [0.2, 0.25) is 0 Å². The first kappa shape index (κ1) is 14.3. The van der Waals surface area contributed by atoms with E-state index in [0.717, 1.165) is 23.7 Å². The van der Waals surface area contributed by atoms with E-state index in [-0.39, 0.29) is 11.4 Å². The lowest BCUT2D eigenvalue weighted by atomic mass is 9.91. The average Bonchev–Trinajstić information content (AvgIpc) is 2.55. The number of rotatable bonds is 3. The lowest BCUT2D eigenvalue weighted by Crippen LogP contribution is -2.53. The van der Waals surface area contributed by atoms with Crippen LogP contribution in [-0.4, -0.2) is 35.5 Å². The molecular weight excluding hydrogens is 288 g/mol. The maximum absolute atomic E-state index is 12.5. The normalized spacial score (nSPS) is 17.6. The van der Waals surface area contributed by atoms with Crippen LogP contribution in [0.5, 0.6) is 0 Å². The van der Waals surface area contributed by atoms with E-state index in [1.54, 1.807) is 12.3 Å². The molecule has 0 aliphatic carbocycles. The van der Waals surface area contributed by atoms with Gasteiger partial charge in [-0.3, -0.25) is 9.78 Å². The molecular formula is C16H17ClN2O2. The third kappa shape index (κ3) is 3.01. The number of ether oxygens (including phenoxy) is 1. The minimum absolute atomic E-state index is 0.0942. The van der Waals surface area contributed by atoms with Crippen molar-refractivity contribution < 1.29 is 9.53 Å². The van der Waals surface area contributed by atoms with Gasteiger partial charge in [-0.15, -0.1) is 11.6 Å². The summed E-state index contributed by atoms with van der Waals surface area (Å²) in [6, 6.07) is 9.33. The van der Waals surface area contributed by atoms with Gasteiger partial charge in [0.2, 0.25) is 0 Å². The zero-order valence-electron chi connectivity index (χ0n) is 11.6. The maximum Gasteiger partial charge on any atom is 0.251 e. The van der Waals surface area contributed by atoms with Gasteiger partial charge >= 0.3 is 0 Å². The van der Waals surface area contributed by atoms with E-state index in [9.17, 15) is 4.79 Å². The number of halogens is 1. The molecule has 1 aromatic heterocycles. The number of nitrogens with zero attached hydrogens (tertiary/aromatic N) is 1. The molecule has 0 saturated carbocycles. The quantitative estimate of drug-likeness (QED) is 0.887. The van der Waals surface area contributed by atoms with E-state index in [2.05, 4.69) is 10.3 Å². The summed E-state index contributed by atoms with van der Waals surface area (Å²) in [5.74, 6) is 0.306. The number of hydrogen-bond donors (Lipinski definition) is 1. The molecule has 1 amide bonds. The molecule has 0 spiro atoms. The lowest BCUT2D eigenvalue weighted by molar-refractivity contribution is 0.0434. The number of amides is 1. The molecule has 0 atom stereocenters. The summed E-state index contributed by atoms with van der Waals surface area (Å²) in [6.45, 7) is 1.27. The first-order valence-electron chi connectivity index (χ1n) is 7.03. The second kappa shape index (κ2) is 6.00. The Morgan fingerprint density at radius 2 is 2.14 bits per heavy atom. The zero-order chi connectivity index (χ0) is 14.7. The van der Waals surface area contributed by atoms with Crippen molar-refractivity contribution in [1.29, 1.82) is 0 Å². The Labute approximate surface area is 128 Å². The lowest BCUT2D eigenvalue weighted by Gasteiger charge is -2.36. The molecule has 1 aromatic carbocycles. The Kier molecular flexibility index (Phi) is 4.08. The Bertz CT molecular complexity index is 654. The number of alkyl halides is 1. The van der Waals surface area contributed by atoms with Gasteiger partial charge in [-0.05, 0) is 37.1 Å². The van der Waals surface area contributed by atoms with Crippen molar-refractivity contribution >= 4 is 28.4 Å². The van der Waals surface area contributed by atoms with Gasteiger partial charge in [0.15, 0.2) is 0 Å². The molecule has 2 heterocycles. The van der Waals surface area contributed by atoms with Crippen LogP contribution in [0.15, 0.2) is 36.5 Å². The first-order valence-corrected chi connectivity index (χ1v) is 7.57. The van der Waals surface area contributed by atoms with Gasteiger partial charge in [-0.1, -0.05) is 6.07 Å². The van der Waals surface area contributed by atoms with Crippen LogP contribution in [0.3, 0.4) is 0 Å². The number of nitrogens with one attached hydrogen (secondary N) is 1. The molecule has 4 nitrogen and oxygen atoms in total. The predicted octanol–water partition coefficient (Wildman–Crippen LogP) is 2.75. The zero-order valence-corrected chi connectivity index (χ0v) is 12.4. The molecule has 0 bridgehead atoms. The molecule has 1 aliphatic heterocycles. The topological polar surface area (TPSA) is 51.2 Å². The highest BCUT2D eigenvalue weighted by Crippen LogP contribution is 2.23. The summed E-state index contributed by atoms with van der Waals surface area (Å²) in [7, 11) is 0. The summed E-state index contributed by atoms with van der Waals surface area (Å²) >= 11 is 6.08.